The maximum atomic E-state index is 12.5. The van der Waals surface area contributed by atoms with E-state index >= 15 is 0 Å². The van der Waals surface area contributed by atoms with Gasteiger partial charge in [0.2, 0.25) is 0 Å². The Hall–Kier alpha value is -2.34. The molecule has 1 fully saturated rings. The highest BCUT2D eigenvalue weighted by atomic mass is 32.2. The molecule has 1 amide bonds. The van der Waals surface area contributed by atoms with Crippen LogP contribution in [0.2, 0.25) is 0 Å². The lowest BCUT2D eigenvalue weighted by Gasteiger charge is -2.15. The molecule has 0 aromatic heterocycles. The van der Waals surface area contributed by atoms with E-state index in [1.54, 1.807) is 36.4 Å². The maximum absolute atomic E-state index is 12.5. The first kappa shape index (κ1) is 18.5. The maximum Gasteiger partial charge on any atom is 0.261 e. The molecule has 26 heavy (non-hydrogen) atoms. The Morgan fingerprint density at radius 2 is 1.62 bits per heavy atom. The number of nitrogens with one attached hydrogen (secondary N) is 1. The van der Waals surface area contributed by atoms with Crippen molar-refractivity contribution < 1.29 is 13.2 Å². The quantitative estimate of drug-likeness (QED) is 0.841. The van der Waals surface area contributed by atoms with Gasteiger partial charge in [-0.15, -0.1) is 0 Å². The zero-order valence-electron chi connectivity index (χ0n) is 14.9. The molecule has 0 atom stereocenters. The van der Waals surface area contributed by atoms with E-state index in [1.165, 1.54) is 0 Å². The first-order valence-electron chi connectivity index (χ1n) is 9.01. The van der Waals surface area contributed by atoms with Crippen molar-refractivity contribution in [3.05, 3.63) is 59.7 Å². The van der Waals surface area contributed by atoms with E-state index in [9.17, 15) is 13.2 Å². The van der Waals surface area contributed by atoms with Crippen LogP contribution in [-0.4, -0.2) is 32.3 Å². The number of benzene rings is 2. The molecule has 0 bridgehead atoms. The molecule has 0 aliphatic carbocycles. The fourth-order valence-electron chi connectivity index (χ4n) is 3.12. The molecule has 2 aromatic rings. The molecule has 138 valence electrons. The first-order chi connectivity index (χ1) is 12.5. The Bertz CT molecular complexity index is 853. The number of aryl methyl sites for hydroxylation is 1. The molecular weight excluding hydrogens is 348 g/mol. The number of nitrogens with zero attached hydrogens (tertiary/aromatic N) is 1. The van der Waals surface area contributed by atoms with Crippen LogP contribution in [0.5, 0.6) is 0 Å². The van der Waals surface area contributed by atoms with Crippen LogP contribution < -0.4 is 4.72 Å². The van der Waals surface area contributed by atoms with Gasteiger partial charge in [0.25, 0.3) is 15.9 Å². The summed E-state index contributed by atoms with van der Waals surface area (Å²) in [7, 11) is -3.64. The van der Waals surface area contributed by atoms with E-state index in [4.69, 9.17) is 0 Å². The van der Waals surface area contributed by atoms with E-state index in [2.05, 4.69) is 11.6 Å². The van der Waals surface area contributed by atoms with Gasteiger partial charge in [-0.2, -0.15) is 0 Å². The lowest BCUT2D eigenvalue weighted by molar-refractivity contribution is 0.0793. The third kappa shape index (κ3) is 4.25. The second kappa shape index (κ2) is 7.91. The van der Waals surface area contributed by atoms with Gasteiger partial charge < -0.3 is 4.90 Å². The zero-order valence-corrected chi connectivity index (χ0v) is 15.8. The Morgan fingerprint density at radius 3 is 2.19 bits per heavy atom. The SMILES string of the molecule is CCCc1ccc(S(=O)(=O)Nc2ccc(C(=O)N3CCCC3)cc2)cc1. The topological polar surface area (TPSA) is 66.5 Å². The van der Waals surface area contributed by atoms with Gasteiger partial charge in [0.15, 0.2) is 0 Å². The van der Waals surface area contributed by atoms with Gasteiger partial charge in [-0.25, -0.2) is 8.42 Å². The van der Waals surface area contributed by atoms with E-state index in [-0.39, 0.29) is 10.8 Å². The van der Waals surface area contributed by atoms with Crippen molar-refractivity contribution in [2.24, 2.45) is 0 Å². The van der Waals surface area contributed by atoms with Crippen molar-refractivity contribution in [1.29, 1.82) is 0 Å². The van der Waals surface area contributed by atoms with Crippen molar-refractivity contribution >= 4 is 21.6 Å². The number of carbonyl (C=O) groups is 1. The number of hydrogen-bond acceptors (Lipinski definition) is 3. The molecule has 1 saturated heterocycles. The summed E-state index contributed by atoms with van der Waals surface area (Å²) in [5, 5.41) is 0. The Kier molecular flexibility index (Phi) is 5.61. The Labute approximate surface area is 155 Å². The number of amides is 1. The highest BCUT2D eigenvalue weighted by Gasteiger charge is 2.20. The van der Waals surface area contributed by atoms with E-state index in [0.717, 1.165) is 44.3 Å². The Balaban J connectivity index is 1.70. The largest absolute Gasteiger partial charge is 0.339 e. The molecule has 5 nitrogen and oxygen atoms in total. The van der Waals surface area contributed by atoms with Crippen molar-refractivity contribution in [3.8, 4) is 0 Å². The van der Waals surface area contributed by atoms with Crippen LogP contribution in [0.4, 0.5) is 5.69 Å². The minimum Gasteiger partial charge on any atom is -0.339 e. The van der Waals surface area contributed by atoms with E-state index in [1.807, 2.05) is 17.0 Å². The van der Waals surface area contributed by atoms with Crippen LogP contribution >= 0.6 is 0 Å². The second-order valence-electron chi connectivity index (χ2n) is 6.58. The number of rotatable bonds is 6. The molecule has 0 unspecified atom stereocenters. The van der Waals surface area contributed by atoms with Crippen molar-refractivity contribution in [2.45, 2.75) is 37.5 Å². The molecular formula is C20H24N2O3S. The summed E-state index contributed by atoms with van der Waals surface area (Å²) in [5.74, 6) is 0.00317. The van der Waals surface area contributed by atoms with E-state index < -0.39 is 10.0 Å². The molecule has 2 aromatic carbocycles. The monoisotopic (exact) mass is 372 g/mol. The molecule has 1 N–H and O–H groups in total. The van der Waals surface area contributed by atoms with Crippen LogP contribution in [0.15, 0.2) is 53.4 Å². The van der Waals surface area contributed by atoms with Crippen LogP contribution in [0.25, 0.3) is 0 Å². The number of anilines is 1. The standard InChI is InChI=1S/C20H24N2O3S/c1-2-5-16-6-12-19(13-7-16)26(24,25)21-18-10-8-17(9-11-18)20(23)22-14-3-4-15-22/h6-13,21H,2-5,14-15H2,1H3. The number of sulfonamides is 1. The number of carbonyl (C=O) groups excluding carboxylic acids is 1. The molecule has 3 rings (SSSR count). The summed E-state index contributed by atoms with van der Waals surface area (Å²) in [6.07, 6.45) is 4.04. The van der Waals surface area contributed by atoms with Crippen molar-refractivity contribution in [2.75, 3.05) is 17.8 Å². The van der Waals surface area contributed by atoms with E-state index in [0.29, 0.717) is 11.3 Å². The number of likely N-dealkylation sites (tertiary alicyclic amines) is 1. The molecule has 0 saturated carbocycles. The summed E-state index contributed by atoms with van der Waals surface area (Å²) in [4.78, 5) is 14.4. The summed E-state index contributed by atoms with van der Waals surface area (Å²) < 4.78 is 27.6. The van der Waals surface area contributed by atoms with Crippen LogP contribution in [0.1, 0.15) is 42.1 Å². The van der Waals surface area contributed by atoms with Crippen LogP contribution in [0.3, 0.4) is 0 Å². The molecule has 0 spiro atoms. The molecule has 1 aliphatic rings. The summed E-state index contributed by atoms with van der Waals surface area (Å²) in [6.45, 7) is 3.67. The van der Waals surface area contributed by atoms with Gasteiger partial charge in [0.05, 0.1) is 4.90 Å². The van der Waals surface area contributed by atoms with Gasteiger partial charge in [0, 0.05) is 24.3 Å². The van der Waals surface area contributed by atoms with Gasteiger partial charge in [-0.1, -0.05) is 25.5 Å². The minimum absolute atomic E-state index is 0.00317. The third-order valence-electron chi connectivity index (χ3n) is 4.55. The minimum atomic E-state index is -3.64. The predicted molar refractivity (Wildman–Crippen MR) is 103 cm³/mol. The first-order valence-corrected chi connectivity index (χ1v) is 10.5. The highest BCUT2D eigenvalue weighted by Crippen LogP contribution is 2.19. The van der Waals surface area contributed by atoms with Crippen LogP contribution in [-0.2, 0) is 16.4 Å². The predicted octanol–water partition coefficient (Wildman–Crippen LogP) is 3.68. The molecule has 1 heterocycles. The lowest BCUT2D eigenvalue weighted by atomic mass is 10.1. The van der Waals surface area contributed by atoms with Crippen LogP contribution in [0, 0.1) is 0 Å². The molecule has 0 radical (unpaired) electrons. The average Bonchev–Trinajstić information content (AvgIpc) is 3.17. The fraction of sp³-hybridized carbons (Fsp3) is 0.350. The van der Waals surface area contributed by atoms with Crippen molar-refractivity contribution in [3.63, 3.8) is 0 Å². The molecule has 6 heteroatoms. The van der Waals surface area contributed by atoms with Gasteiger partial charge in [0.1, 0.15) is 0 Å². The zero-order chi connectivity index (χ0) is 18.6. The Morgan fingerprint density at radius 1 is 1.00 bits per heavy atom. The summed E-state index contributed by atoms with van der Waals surface area (Å²) in [5.41, 5.74) is 2.15. The summed E-state index contributed by atoms with van der Waals surface area (Å²) >= 11 is 0. The van der Waals surface area contributed by atoms with Gasteiger partial charge >= 0.3 is 0 Å². The van der Waals surface area contributed by atoms with Crippen molar-refractivity contribution in [1.82, 2.24) is 4.90 Å². The average molecular weight is 372 g/mol. The second-order valence-corrected chi connectivity index (χ2v) is 8.26. The number of hydrogen-bond donors (Lipinski definition) is 1. The smallest absolute Gasteiger partial charge is 0.261 e. The normalized spacial score (nSPS) is 14.4. The summed E-state index contributed by atoms with van der Waals surface area (Å²) in [6, 6.07) is 13.5. The fourth-order valence-corrected chi connectivity index (χ4v) is 4.18. The van der Waals surface area contributed by atoms with Gasteiger partial charge in [-0.3, -0.25) is 9.52 Å². The van der Waals surface area contributed by atoms with Gasteiger partial charge in [-0.05, 0) is 61.2 Å². The molecule has 1 aliphatic heterocycles. The highest BCUT2D eigenvalue weighted by molar-refractivity contribution is 7.92. The lowest BCUT2D eigenvalue weighted by Crippen LogP contribution is -2.27. The third-order valence-corrected chi connectivity index (χ3v) is 5.95.